The normalized spacial score (nSPS) is 45.6. The maximum atomic E-state index is 11.8. The number of fused-ring (bicyclic) bond motifs is 5. The summed E-state index contributed by atoms with van der Waals surface area (Å²) in [5.74, 6) is 0.786. The molecule has 4 nitrogen and oxygen atoms in total. The van der Waals surface area contributed by atoms with Crippen LogP contribution < -0.4 is 0 Å². The average Bonchev–Trinajstić information content (AvgIpc) is 2.91. The summed E-state index contributed by atoms with van der Waals surface area (Å²) >= 11 is 0. The van der Waals surface area contributed by atoms with Gasteiger partial charge in [0.05, 0.1) is 13.2 Å². The van der Waals surface area contributed by atoms with Gasteiger partial charge < -0.3 is 9.84 Å². The van der Waals surface area contributed by atoms with Gasteiger partial charge in [0.2, 0.25) is 0 Å². The number of carbonyl (C=O) groups excluding carboxylic acids is 2. The van der Waals surface area contributed by atoms with Crippen molar-refractivity contribution in [3.8, 4) is 0 Å². The second kappa shape index (κ2) is 5.91. The number of aliphatic hydroxyl groups excluding tert-OH is 1. The summed E-state index contributed by atoms with van der Waals surface area (Å²) in [6.07, 6.45) is 11.3. The molecule has 3 saturated carbocycles. The van der Waals surface area contributed by atoms with Crippen LogP contribution in [0.15, 0.2) is 35.5 Å². The first-order chi connectivity index (χ1) is 12.3. The van der Waals surface area contributed by atoms with Crippen molar-refractivity contribution in [1.82, 2.24) is 0 Å². The standard InChI is InChI=1S/C22H28O4/c1-21-9-8-15(23)10-13(21)4-6-16-17-7-5-14(11-19(25)26-3)22(17,2)12-18(24)20(16)21/h8-11,16-18,20,24H,4-7,12H2,1-3H3/t16-,17-,18+,20+,21-,22+/m0/s1. The number of ketones is 1. The average molecular weight is 356 g/mol. The van der Waals surface area contributed by atoms with E-state index in [9.17, 15) is 14.7 Å². The summed E-state index contributed by atoms with van der Waals surface area (Å²) in [5, 5.41) is 11.2. The van der Waals surface area contributed by atoms with Crippen LogP contribution in [0.4, 0.5) is 0 Å². The topological polar surface area (TPSA) is 63.6 Å². The fourth-order valence-electron chi connectivity index (χ4n) is 6.61. The molecule has 0 spiro atoms. The molecule has 3 fully saturated rings. The SMILES string of the molecule is COC(=O)C=C1CC[C@H]2[C@@H]3CCC4=CC(=O)C=C[C@]4(C)[C@H]3[C@H](O)C[C@]12C. The highest BCUT2D eigenvalue weighted by Gasteiger charge is 2.60. The van der Waals surface area contributed by atoms with Crippen molar-refractivity contribution in [2.45, 2.75) is 52.1 Å². The summed E-state index contributed by atoms with van der Waals surface area (Å²) in [7, 11) is 1.41. The number of esters is 1. The van der Waals surface area contributed by atoms with Crippen LogP contribution in [-0.4, -0.2) is 30.1 Å². The first-order valence-electron chi connectivity index (χ1n) is 9.71. The molecule has 0 unspecified atom stereocenters. The van der Waals surface area contributed by atoms with E-state index < -0.39 is 6.10 Å². The molecule has 26 heavy (non-hydrogen) atoms. The Balaban J connectivity index is 1.71. The minimum Gasteiger partial charge on any atom is -0.466 e. The van der Waals surface area contributed by atoms with E-state index in [-0.39, 0.29) is 28.5 Å². The zero-order valence-corrected chi connectivity index (χ0v) is 15.8. The van der Waals surface area contributed by atoms with Crippen LogP contribution in [0, 0.1) is 28.6 Å². The summed E-state index contributed by atoms with van der Waals surface area (Å²) in [5.41, 5.74) is 1.94. The smallest absolute Gasteiger partial charge is 0.330 e. The van der Waals surface area contributed by atoms with Crippen LogP contribution in [0.2, 0.25) is 0 Å². The Morgan fingerprint density at radius 1 is 1.31 bits per heavy atom. The van der Waals surface area contributed by atoms with Gasteiger partial charge in [-0.1, -0.05) is 31.1 Å². The lowest BCUT2D eigenvalue weighted by Crippen LogP contribution is -2.55. The molecular weight excluding hydrogens is 328 g/mol. The Morgan fingerprint density at radius 3 is 2.81 bits per heavy atom. The van der Waals surface area contributed by atoms with Crippen molar-refractivity contribution in [2.24, 2.45) is 28.6 Å². The van der Waals surface area contributed by atoms with Gasteiger partial charge >= 0.3 is 5.97 Å². The largest absolute Gasteiger partial charge is 0.466 e. The fraction of sp³-hybridized carbons (Fsp3) is 0.636. The highest BCUT2D eigenvalue weighted by molar-refractivity contribution is 6.01. The molecule has 0 aromatic rings. The van der Waals surface area contributed by atoms with Gasteiger partial charge in [-0.15, -0.1) is 0 Å². The second-order valence-electron chi connectivity index (χ2n) is 8.94. The van der Waals surface area contributed by atoms with Crippen LogP contribution in [0.25, 0.3) is 0 Å². The molecule has 1 N–H and O–H groups in total. The van der Waals surface area contributed by atoms with E-state index in [2.05, 4.69) is 13.8 Å². The van der Waals surface area contributed by atoms with Crippen molar-refractivity contribution >= 4 is 11.8 Å². The predicted octanol–water partition coefficient (Wildman–Crippen LogP) is 3.36. The van der Waals surface area contributed by atoms with E-state index in [1.54, 1.807) is 18.2 Å². The quantitative estimate of drug-likeness (QED) is 0.578. The van der Waals surface area contributed by atoms with Gasteiger partial charge in [0, 0.05) is 17.4 Å². The van der Waals surface area contributed by atoms with Crippen molar-refractivity contribution in [3.05, 3.63) is 35.5 Å². The molecule has 0 heterocycles. The number of hydrogen-bond acceptors (Lipinski definition) is 4. The van der Waals surface area contributed by atoms with E-state index in [1.807, 2.05) is 6.08 Å². The zero-order chi connectivity index (χ0) is 18.7. The molecule has 0 aromatic heterocycles. The molecule has 0 saturated heterocycles. The number of rotatable bonds is 1. The molecule has 6 atom stereocenters. The van der Waals surface area contributed by atoms with E-state index in [1.165, 1.54) is 12.7 Å². The van der Waals surface area contributed by atoms with E-state index in [0.29, 0.717) is 18.3 Å². The summed E-state index contributed by atoms with van der Waals surface area (Å²) < 4.78 is 4.84. The maximum absolute atomic E-state index is 11.8. The maximum Gasteiger partial charge on any atom is 0.330 e. The molecule has 0 bridgehead atoms. The van der Waals surface area contributed by atoms with Crippen LogP contribution >= 0.6 is 0 Å². The second-order valence-corrected chi connectivity index (χ2v) is 8.94. The first kappa shape index (κ1) is 17.7. The van der Waals surface area contributed by atoms with Crippen molar-refractivity contribution < 1.29 is 19.4 Å². The lowest BCUT2D eigenvalue weighted by Gasteiger charge is -2.58. The molecule has 4 heteroatoms. The Kier molecular flexibility index (Phi) is 4.03. The third-order valence-electron chi connectivity index (χ3n) is 7.84. The minimum absolute atomic E-state index is 0.0650. The highest BCUT2D eigenvalue weighted by Crippen LogP contribution is 2.65. The monoisotopic (exact) mass is 356 g/mol. The first-order valence-corrected chi connectivity index (χ1v) is 9.71. The van der Waals surface area contributed by atoms with Gasteiger partial charge in [0.1, 0.15) is 0 Å². The Labute approximate surface area is 155 Å². The molecule has 140 valence electrons. The summed E-state index contributed by atoms with van der Waals surface area (Å²) in [4.78, 5) is 23.6. The Hall–Kier alpha value is -1.68. The number of carbonyl (C=O) groups is 2. The van der Waals surface area contributed by atoms with Crippen LogP contribution in [-0.2, 0) is 14.3 Å². The van der Waals surface area contributed by atoms with E-state index >= 15 is 0 Å². The summed E-state index contributed by atoms with van der Waals surface area (Å²) in [6, 6.07) is 0. The van der Waals surface area contributed by atoms with E-state index in [4.69, 9.17) is 4.74 Å². The van der Waals surface area contributed by atoms with Crippen molar-refractivity contribution in [3.63, 3.8) is 0 Å². The van der Waals surface area contributed by atoms with Gasteiger partial charge in [0.25, 0.3) is 0 Å². The lowest BCUT2D eigenvalue weighted by atomic mass is 9.47. The van der Waals surface area contributed by atoms with Crippen LogP contribution in [0.3, 0.4) is 0 Å². The highest BCUT2D eigenvalue weighted by atomic mass is 16.5. The molecule has 0 aliphatic heterocycles. The number of methoxy groups -OCH3 is 1. The third kappa shape index (κ3) is 2.38. The lowest BCUT2D eigenvalue weighted by molar-refractivity contribution is -0.135. The molecular formula is C22H28O4. The molecule has 4 aliphatic rings. The minimum atomic E-state index is -0.438. The molecule has 0 aromatic carbocycles. The number of hydrogen-bond donors (Lipinski definition) is 1. The van der Waals surface area contributed by atoms with Crippen molar-refractivity contribution in [2.75, 3.05) is 7.11 Å². The van der Waals surface area contributed by atoms with Gasteiger partial charge in [-0.3, -0.25) is 4.79 Å². The molecule has 4 aliphatic carbocycles. The van der Waals surface area contributed by atoms with Crippen LogP contribution in [0.1, 0.15) is 46.0 Å². The molecule has 0 amide bonds. The summed E-state index contributed by atoms with van der Waals surface area (Å²) in [6.45, 7) is 4.40. The van der Waals surface area contributed by atoms with Crippen molar-refractivity contribution in [1.29, 1.82) is 0 Å². The van der Waals surface area contributed by atoms with Gasteiger partial charge in [-0.05, 0) is 61.5 Å². The Morgan fingerprint density at radius 2 is 2.08 bits per heavy atom. The fourth-order valence-corrected chi connectivity index (χ4v) is 6.61. The third-order valence-corrected chi connectivity index (χ3v) is 7.84. The van der Waals surface area contributed by atoms with Gasteiger partial charge in [-0.25, -0.2) is 4.79 Å². The van der Waals surface area contributed by atoms with Gasteiger partial charge in [0.15, 0.2) is 5.78 Å². The molecule has 0 radical (unpaired) electrons. The zero-order valence-electron chi connectivity index (χ0n) is 15.8. The Bertz CT molecular complexity index is 745. The number of aliphatic hydroxyl groups is 1. The predicted molar refractivity (Wildman–Crippen MR) is 98.1 cm³/mol. The van der Waals surface area contributed by atoms with E-state index in [0.717, 1.165) is 31.3 Å². The molecule has 4 rings (SSSR count). The van der Waals surface area contributed by atoms with Gasteiger partial charge in [-0.2, -0.15) is 0 Å². The number of allylic oxidation sites excluding steroid dienone is 5. The van der Waals surface area contributed by atoms with Crippen LogP contribution in [0.5, 0.6) is 0 Å². The number of ether oxygens (including phenoxy) is 1.